The Labute approximate surface area is 179 Å². The fourth-order valence-electron chi connectivity index (χ4n) is 3.60. The number of rotatable bonds is 6. The minimum atomic E-state index is -0.550. The van der Waals surface area contributed by atoms with E-state index in [1.807, 2.05) is 75.4 Å². The number of amides is 2. The first-order valence-corrected chi connectivity index (χ1v) is 10.7. The first-order valence-electron chi connectivity index (χ1n) is 10.7. The van der Waals surface area contributed by atoms with Crippen molar-refractivity contribution in [3.8, 4) is 5.75 Å². The van der Waals surface area contributed by atoms with Crippen molar-refractivity contribution in [1.29, 1.82) is 0 Å². The van der Waals surface area contributed by atoms with Gasteiger partial charge in [-0.1, -0.05) is 63.2 Å². The number of hydrogen-bond acceptors (Lipinski definition) is 3. The van der Waals surface area contributed by atoms with Crippen molar-refractivity contribution in [3.63, 3.8) is 0 Å². The van der Waals surface area contributed by atoms with Gasteiger partial charge in [0.05, 0.1) is 0 Å². The van der Waals surface area contributed by atoms with Crippen molar-refractivity contribution in [2.24, 2.45) is 5.41 Å². The van der Waals surface area contributed by atoms with E-state index in [0.717, 1.165) is 29.7 Å². The SMILES string of the molecule is CC(C)(C)C(=O)N(Cc1ccc(OCc2ccccc2)cc1)C1CCCCNC1=O. The zero-order chi connectivity index (χ0) is 21.6. The van der Waals surface area contributed by atoms with Gasteiger partial charge < -0.3 is 15.0 Å². The van der Waals surface area contributed by atoms with Crippen LogP contribution in [0.2, 0.25) is 0 Å². The Morgan fingerprint density at radius 1 is 1.03 bits per heavy atom. The van der Waals surface area contributed by atoms with E-state index in [1.165, 1.54) is 0 Å². The largest absolute Gasteiger partial charge is 0.489 e. The molecule has 1 heterocycles. The number of carbonyl (C=O) groups is 2. The van der Waals surface area contributed by atoms with E-state index < -0.39 is 11.5 Å². The second kappa shape index (κ2) is 9.79. The van der Waals surface area contributed by atoms with Crippen LogP contribution in [0.15, 0.2) is 54.6 Å². The minimum Gasteiger partial charge on any atom is -0.489 e. The van der Waals surface area contributed by atoms with Gasteiger partial charge in [0.1, 0.15) is 18.4 Å². The summed E-state index contributed by atoms with van der Waals surface area (Å²) in [5.74, 6) is 0.727. The average molecular weight is 409 g/mol. The molecule has 1 unspecified atom stereocenters. The fraction of sp³-hybridized carbons (Fsp3) is 0.440. The molecule has 0 aromatic heterocycles. The van der Waals surface area contributed by atoms with Crippen molar-refractivity contribution in [3.05, 3.63) is 65.7 Å². The van der Waals surface area contributed by atoms with Gasteiger partial charge in [0, 0.05) is 18.5 Å². The minimum absolute atomic E-state index is 0.00560. The van der Waals surface area contributed by atoms with Gasteiger partial charge >= 0.3 is 0 Å². The molecule has 2 aromatic carbocycles. The van der Waals surface area contributed by atoms with E-state index in [2.05, 4.69) is 5.32 Å². The number of nitrogens with zero attached hydrogens (tertiary/aromatic N) is 1. The standard InChI is InChI=1S/C25H32N2O3/c1-25(2,3)24(29)27(22-11-7-8-16-26-23(22)28)17-19-12-14-21(15-13-19)30-18-20-9-5-4-6-10-20/h4-6,9-10,12-15,22H,7-8,11,16-18H2,1-3H3,(H,26,28). The van der Waals surface area contributed by atoms with Crippen LogP contribution in [0.4, 0.5) is 0 Å². The van der Waals surface area contributed by atoms with Gasteiger partial charge in [-0.2, -0.15) is 0 Å². The molecule has 3 rings (SSSR count). The van der Waals surface area contributed by atoms with Gasteiger partial charge in [-0.3, -0.25) is 9.59 Å². The molecule has 1 saturated heterocycles. The third-order valence-electron chi connectivity index (χ3n) is 5.31. The molecule has 0 bridgehead atoms. The molecule has 5 heteroatoms. The number of nitrogens with one attached hydrogen (secondary N) is 1. The predicted molar refractivity (Wildman–Crippen MR) is 118 cm³/mol. The van der Waals surface area contributed by atoms with Gasteiger partial charge in [0.2, 0.25) is 11.8 Å². The van der Waals surface area contributed by atoms with Crippen LogP contribution in [0.25, 0.3) is 0 Å². The molecule has 1 atom stereocenters. The Morgan fingerprint density at radius 2 is 1.73 bits per heavy atom. The normalized spacial score (nSPS) is 17.0. The molecule has 1 aliphatic heterocycles. The molecule has 0 spiro atoms. The number of hydrogen-bond donors (Lipinski definition) is 1. The van der Waals surface area contributed by atoms with E-state index in [1.54, 1.807) is 4.90 Å². The van der Waals surface area contributed by atoms with Crippen molar-refractivity contribution >= 4 is 11.8 Å². The Kier molecular flexibility index (Phi) is 7.14. The Balaban J connectivity index is 1.71. The maximum Gasteiger partial charge on any atom is 0.242 e. The van der Waals surface area contributed by atoms with Gasteiger partial charge in [0.15, 0.2) is 0 Å². The zero-order valence-corrected chi connectivity index (χ0v) is 18.2. The number of ether oxygens (including phenoxy) is 1. The summed E-state index contributed by atoms with van der Waals surface area (Å²) in [4.78, 5) is 27.6. The highest BCUT2D eigenvalue weighted by molar-refractivity contribution is 5.89. The fourth-order valence-corrected chi connectivity index (χ4v) is 3.60. The highest BCUT2D eigenvalue weighted by atomic mass is 16.5. The van der Waals surface area contributed by atoms with E-state index in [0.29, 0.717) is 26.1 Å². The monoisotopic (exact) mass is 408 g/mol. The first kappa shape index (κ1) is 21.9. The molecule has 5 nitrogen and oxygen atoms in total. The predicted octanol–water partition coefficient (Wildman–Crippen LogP) is 4.31. The summed E-state index contributed by atoms with van der Waals surface area (Å²) in [5, 5.41) is 2.96. The van der Waals surface area contributed by atoms with Gasteiger partial charge in [-0.25, -0.2) is 0 Å². The number of benzene rings is 2. The summed E-state index contributed by atoms with van der Waals surface area (Å²) < 4.78 is 5.86. The van der Waals surface area contributed by atoms with Gasteiger partial charge in [-0.15, -0.1) is 0 Å². The van der Waals surface area contributed by atoms with E-state index in [-0.39, 0.29) is 11.8 Å². The van der Waals surface area contributed by atoms with Crippen molar-refractivity contribution in [1.82, 2.24) is 10.2 Å². The third kappa shape index (κ3) is 5.85. The molecule has 30 heavy (non-hydrogen) atoms. The molecule has 0 radical (unpaired) electrons. The number of carbonyl (C=O) groups excluding carboxylic acids is 2. The summed E-state index contributed by atoms with van der Waals surface area (Å²) >= 11 is 0. The lowest BCUT2D eigenvalue weighted by Gasteiger charge is -2.35. The highest BCUT2D eigenvalue weighted by Crippen LogP contribution is 2.25. The Morgan fingerprint density at radius 3 is 2.40 bits per heavy atom. The van der Waals surface area contributed by atoms with Crippen LogP contribution in [-0.4, -0.2) is 29.3 Å². The molecule has 0 aliphatic carbocycles. The maximum atomic E-state index is 13.2. The van der Waals surface area contributed by atoms with Crippen molar-refractivity contribution < 1.29 is 14.3 Å². The van der Waals surface area contributed by atoms with Crippen LogP contribution in [0.5, 0.6) is 5.75 Å². The first-order chi connectivity index (χ1) is 14.3. The Hall–Kier alpha value is -2.82. The second-order valence-electron chi connectivity index (χ2n) is 8.90. The molecule has 0 saturated carbocycles. The topological polar surface area (TPSA) is 58.6 Å². The van der Waals surface area contributed by atoms with E-state index >= 15 is 0 Å². The van der Waals surface area contributed by atoms with Gasteiger partial charge in [-0.05, 0) is 42.5 Å². The molecule has 1 N–H and O–H groups in total. The van der Waals surface area contributed by atoms with Crippen LogP contribution in [0.1, 0.15) is 51.2 Å². The second-order valence-corrected chi connectivity index (χ2v) is 8.90. The van der Waals surface area contributed by atoms with E-state index in [4.69, 9.17) is 4.74 Å². The lowest BCUT2D eigenvalue weighted by Crippen LogP contribution is -2.51. The van der Waals surface area contributed by atoms with Crippen molar-refractivity contribution in [2.75, 3.05) is 6.54 Å². The smallest absolute Gasteiger partial charge is 0.242 e. The molecular weight excluding hydrogens is 376 g/mol. The van der Waals surface area contributed by atoms with Crippen LogP contribution >= 0.6 is 0 Å². The zero-order valence-electron chi connectivity index (χ0n) is 18.2. The molecule has 2 aromatic rings. The average Bonchev–Trinajstić information content (AvgIpc) is 2.95. The summed E-state index contributed by atoms with van der Waals surface area (Å²) in [6, 6.07) is 17.4. The molecule has 2 amide bonds. The molecule has 1 fully saturated rings. The van der Waals surface area contributed by atoms with Gasteiger partial charge in [0.25, 0.3) is 0 Å². The van der Waals surface area contributed by atoms with Crippen LogP contribution in [0.3, 0.4) is 0 Å². The van der Waals surface area contributed by atoms with Crippen LogP contribution in [0, 0.1) is 5.41 Å². The summed E-state index contributed by atoms with van der Waals surface area (Å²) in [6.07, 6.45) is 2.59. The summed E-state index contributed by atoms with van der Waals surface area (Å²) in [6.45, 7) is 7.30. The quantitative estimate of drug-likeness (QED) is 0.775. The summed E-state index contributed by atoms with van der Waals surface area (Å²) in [5.41, 5.74) is 1.55. The molecular formula is C25H32N2O3. The highest BCUT2D eigenvalue weighted by Gasteiger charge is 2.35. The van der Waals surface area contributed by atoms with Crippen LogP contribution < -0.4 is 10.1 Å². The summed E-state index contributed by atoms with van der Waals surface area (Å²) in [7, 11) is 0. The van der Waals surface area contributed by atoms with E-state index in [9.17, 15) is 9.59 Å². The van der Waals surface area contributed by atoms with Crippen molar-refractivity contribution in [2.45, 2.75) is 59.2 Å². The van der Waals surface area contributed by atoms with Crippen LogP contribution in [-0.2, 0) is 22.7 Å². The third-order valence-corrected chi connectivity index (χ3v) is 5.31. The lowest BCUT2D eigenvalue weighted by molar-refractivity contribution is -0.147. The lowest BCUT2D eigenvalue weighted by atomic mass is 9.92. The maximum absolute atomic E-state index is 13.2. The molecule has 160 valence electrons. The molecule has 1 aliphatic rings. The Bertz CT molecular complexity index is 841.